The molecular formula is C24H36N2O4. The van der Waals surface area contributed by atoms with Gasteiger partial charge in [-0.15, -0.1) is 0 Å². The van der Waals surface area contributed by atoms with E-state index in [0.29, 0.717) is 52.0 Å². The third-order valence-electron chi connectivity index (χ3n) is 5.51. The van der Waals surface area contributed by atoms with Crippen LogP contribution >= 0.6 is 0 Å². The van der Waals surface area contributed by atoms with E-state index in [4.69, 9.17) is 4.74 Å². The lowest BCUT2D eigenvalue weighted by Gasteiger charge is -2.33. The van der Waals surface area contributed by atoms with E-state index in [9.17, 15) is 14.4 Å². The van der Waals surface area contributed by atoms with Gasteiger partial charge in [0.05, 0.1) is 12.5 Å². The normalized spacial score (nSPS) is 15.0. The Bertz CT molecular complexity index is 704. The van der Waals surface area contributed by atoms with Crippen molar-refractivity contribution in [1.82, 2.24) is 9.80 Å². The molecule has 0 unspecified atom stereocenters. The lowest BCUT2D eigenvalue weighted by Crippen LogP contribution is -2.44. The van der Waals surface area contributed by atoms with Crippen molar-refractivity contribution in [2.24, 2.45) is 11.3 Å². The predicted molar refractivity (Wildman–Crippen MR) is 117 cm³/mol. The van der Waals surface area contributed by atoms with Gasteiger partial charge in [-0.2, -0.15) is 0 Å². The van der Waals surface area contributed by atoms with Gasteiger partial charge in [-0.05, 0) is 31.7 Å². The van der Waals surface area contributed by atoms with Gasteiger partial charge in [0.15, 0.2) is 0 Å². The van der Waals surface area contributed by atoms with Crippen LogP contribution in [0.5, 0.6) is 0 Å². The molecule has 0 atom stereocenters. The second-order valence-electron chi connectivity index (χ2n) is 8.93. The SMILES string of the molecule is CCOC(=O)C1CCN(C(=O)CCN(CCc2ccccc2)C(=O)C(C)(C)C)CC1. The fourth-order valence-corrected chi connectivity index (χ4v) is 3.71. The van der Waals surface area contributed by atoms with E-state index in [1.54, 1.807) is 6.92 Å². The molecular weight excluding hydrogens is 380 g/mol. The molecule has 6 nitrogen and oxygen atoms in total. The van der Waals surface area contributed by atoms with Gasteiger partial charge >= 0.3 is 5.97 Å². The predicted octanol–water partition coefficient (Wildman–Crippen LogP) is 3.30. The fraction of sp³-hybridized carbons (Fsp3) is 0.625. The summed E-state index contributed by atoms with van der Waals surface area (Å²) in [4.78, 5) is 41.1. The van der Waals surface area contributed by atoms with Crippen molar-refractivity contribution >= 4 is 17.8 Å². The Kier molecular flexibility index (Phi) is 8.88. The molecule has 0 spiro atoms. The Morgan fingerprint density at radius 2 is 1.70 bits per heavy atom. The Morgan fingerprint density at radius 1 is 1.07 bits per heavy atom. The maximum absolute atomic E-state index is 12.9. The summed E-state index contributed by atoms with van der Waals surface area (Å²) >= 11 is 0. The molecule has 1 aromatic rings. The van der Waals surface area contributed by atoms with Crippen LogP contribution in [0.1, 0.15) is 52.5 Å². The van der Waals surface area contributed by atoms with E-state index in [1.165, 1.54) is 5.56 Å². The van der Waals surface area contributed by atoms with E-state index in [0.717, 1.165) is 6.42 Å². The van der Waals surface area contributed by atoms with Crippen molar-refractivity contribution in [3.05, 3.63) is 35.9 Å². The van der Waals surface area contributed by atoms with Crippen LogP contribution in [0.15, 0.2) is 30.3 Å². The van der Waals surface area contributed by atoms with E-state index < -0.39 is 5.41 Å². The number of hydrogen-bond acceptors (Lipinski definition) is 4. The Labute approximate surface area is 180 Å². The van der Waals surface area contributed by atoms with Crippen LogP contribution in [0.2, 0.25) is 0 Å². The molecule has 1 aliphatic rings. The summed E-state index contributed by atoms with van der Waals surface area (Å²) in [7, 11) is 0. The number of rotatable bonds is 8. The number of benzene rings is 1. The van der Waals surface area contributed by atoms with Gasteiger partial charge < -0.3 is 14.5 Å². The highest BCUT2D eigenvalue weighted by Crippen LogP contribution is 2.21. The summed E-state index contributed by atoms with van der Waals surface area (Å²) in [5, 5.41) is 0. The molecule has 1 saturated heterocycles. The molecule has 1 aromatic carbocycles. The minimum absolute atomic E-state index is 0.0451. The standard InChI is InChI=1S/C24H36N2O4/c1-5-30-22(28)20-12-16-25(17-13-20)21(27)14-18-26(23(29)24(2,3)4)15-11-19-9-7-6-8-10-19/h6-10,20H,5,11-18H2,1-4H3. The van der Waals surface area contributed by atoms with Gasteiger partial charge in [0.2, 0.25) is 11.8 Å². The molecule has 1 fully saturated rings. The van der Waals surface area contributed by atoms with Crippen molar-refractivity contribution in [1.29, 1.82) is 0 Å². The molecule has 0 aliphatic carbocycles. The molecule has 0 N–H and O–H groups in total. The van der Waals surface area contributed by atoms with E-state index in [-0.39, 0.29) is 23.7 Å². The minimum atomic E-state index is -0.488. The van der Waals surface area contributed by atoms with Crippen molar-refractivity contribution in [2.75, 3.05) is 32.8 Å². The maximum Gasteiger partial charge on any atom is 0.309 e. The zero-order valence-electron chi connectivity index (χ0n) is 18.9. The number of esters is 1. The van der Waals surface area contributed by atoms with Gasteiger partial charge in [0, 0.05) is 38.0 Å². The molecule has 2 rings (SSSR count). The van der Waals surface area contributed by atoms with Crippen LogP contribution < -0.4 is 0 Å². The zero-order valence-corrected chi connectivity index (χ0v) is 18.9. The van der Waals surface area contributed by atoms with E-state index in [2.05, 4.69) is 12.1 Å². The van der Waals surface area contributed by atoms with Crippen LogP contribution in [0, 0.1) is 11.3 Å². The number of nitrogens with zero attached hydrogens (tertiary/aromatic N) is 2. The van der Waals surface area contributed by atoms with Gasteiger partial charge in [-0.25, -0.2) is 0 Å². The summed E-state index contributed by atoms with van der Waals surface area (Å²) in [6.07, 6.45) is 2.36. The summed E-state index contributed by atoms with van der Waals surface area (Å²) in [6, 6.07) is 10.1. The molecule has 0 saturated carbocycles. The van der Waals surface area contributed by atoms with Crippen molar-refractivity contribution in [3.63, 3.8) is 0 Å². The van der Waals surface area contributed by atoms with Crippen LogP contribution in [0.25, 0.3) is 0 Å². The number of carbonyl (C=O) groups excluding carboxylic acids is 3. The first-order valence-electron chi connectivity index (χ1n) is 11.0. The second kappa shape index (κ2) is 11.1. The molecule has 2 amide bonds. The van der Waals surface area contributed by atoms with Crippen LogP contribution in [-0.4, -0.2) is 60.4 Å². The highest BCUT2D eigenvalue weighted by Gasteiger charge is 2.30. The molecule has 166 valence electrons. The third kappa shape index (κ3) is 7.15. The van der Waals surface area contributed by atoms with Gasteiger partial charge in [-0.3, -0.25) is 14.4 Å². The average molecular weight is 417 g/mol. The Hall–Kier alpha value is -2.37. The molecule has 0 bridgehead atoms. The molecule has 1 aliphatic heterocycles. The second-order valence-corrected chi connectivity index (χ2v) is 8.93. The topological polar surface area (TPSA) is 66.9 Å². The molecule has 0 radical (unpaired) electrons. The lowest BCUT2D eigenvalue weighted by atomic mass is 9.94. The number of piperidine rings is 1. The largest absolute Gasteiger partial charge is 0.466 e. The maximum atomic E-state index is 12.9. The third-order valence-corrected chi connectivity index (χ3v) is 5.51. The summed E-state index contributed by atoms with van der Waals surface area (Å²) in [6.45, 7) is 10.1. The van der Waals surface area contributed by atoms with Gasteiger partial charge in [-0.1, -0.05) is 51.1 Å². The van der Waals surface area contributed by atoms with Gasteiger partial charge in [0.25, 0.3) is 0 Å². The van der Waals surface area contributed by atoms with Gasteiger partial charge in [0.1, 0.15) is 0 Å². The number of likely N-dealkylation sites (tertiary alicyclic amines) is 1. The first-order valence-corrected chi connectivity index (χ1v) is 11.0. The van der Waals surface area contributed by atoms with Crippen LogP contribution in [0.4, 0.5) is 0 Å². The van der Waals surface area contributed by atoms with Crippen molar-refractivity contribution in [2.45, 2.75) is 53.4 Å². The molecule has 6 heteroatoms. The first kappa shape index (κ1) is 23.9. The van der Waals surface area contributed by atoms with Crippen molar-refractivity contribution < 1.29 is 19.1 Å². The fourth-order valence-electron chi connectivity index (χ4n) is 3.71. The molecule has 0 aromatic heterocycles. The summed E-state index contributed by atoms with van der Waals surface area (Å²) in [5.74, 6) is -0.165. The number of hydrogen-bond donors (Lipinski definition) is 0. The smallest absolute Gasteiger partial charge is 0.309 e. The van der Waals surface area contributed by atoms with Crippen molar-refractivity contribution in [3.8, 4) is 0 Å². The Balaban J connectivity index is 1.88. The summed E-state index contributed by atoms with van der Waals surface area (Å²) in [5.41, 5.74) is 0.689. The highest BCUT2D eigenvalue weighted by molar-refractivity contribution is 5.83. The van der Waals surface area contributed by atoms with E-state index >= 15 is 0 Å². The lowest BCUT2D eigenvalue weighted by molar-refractivity contribution is -0.151. The Morgan fingerprint density at radius 3 is 2.27 bits per heavy atom. The summed E-state index contributed by atoms with van der Waals surface area (Å²) < 4.78 is 5.09. The minimum Gasteiger partial charge on any atom is -0.466 e. The monoisotopic (exact) mass is 416 g/mol. The molecule has 1 heterocycles. The number of ether oxygens (including phenoxy) is 1. The quantitative estimate of drug-likeness (QED) is 0.610. The van der Waals surface area contributed by atoms with E-state index in [1.807, 2.05) is 48.8 Å². The number of carbonyl (C=O) groups is 3. The number of amides is 2. The highest BCUT2D eigenvalue weighted by atomic mass is 16.5. The first-order chi connectivity index (χ1) is 14.2. The van der Waals surface area contributed by atoms with Crippen LogP contribution in [-0.2, 0) is 25.5 Å². The molecule has 30 heavy (non-hydrogen) atoms. The average Bonchev–Trinajstić information content (AvgIpc) is 2.73. The zero-order chi connectivity index (χ0) is 22.1. The van der Waals surface area contributed by atoms with Crippen LogP contribution in [0.3, 0.4) is 0 Å².